The van der Waals surface area contributed by atoms with E-state index in [1.165, 1.54) is 6.07 Å². The van der Waals surface area contributed by atoms with Gasteiger partial charge in [0.2, 0.25) is 0 Å². The van der Waals surface area contributed by atoms with Crippen LogP contribution in [0, 0.1) is 22.7 Å². The quantitative estimate of drug-likeness (QED) is 0.614. The fourth-order valence-corrected chi connectivity index (χ4v) is 2.02. The predicted octanol–water partition coefficient (Wildman–Crippen LogP) is 2.23. The van der Waals surface area contributed by atoms with Crippen LogP contribution in [-0.2, 0) is 0 Å². The summed E-state index contributed by atoms with van der Waals surface area (Å²) < 4.78 is 0. The lowest BCUT2D eigenvalue weighted by Gasteiger charge is -2.05. The molecule has 0 aliphatic carbocycles. The number of hydrogen-bond donors (Lipinski definition) is 1. The molecule has 0 saturated carbocycles. The predicted molar refractivity (Wildman–Crippen MR) is 68.1 cm³/mol. The summed E-state index contributed by atoms with van der Waals surface area (Å²) in [7, 11) is 0. The monoisotopic (exact) mass is 246 g/mol. The first-order chi connectivity index (χ1) is 9.24. The summed E-state index contributed by atoms with van der Waals surface area (Å²) in [6.45, 7) is 0. The minimum absolute atomic E-state index is 0.00848. The van der Waals surface area contributed by atoms with Crippen molar-refractivity contribution < 1.29 is 5.11 Å². The van der Waals surface area contributed by atoms with Gasteiger partial charge in [-0.3, -0.25) is 0 Å². The fraction of sp³-hybridized carbons (Fsp3) is 0. The number of rotatable bonds is 0. The Kier molecular flexibility index (Phi) is 2.27. The molecule has 1 aromatic heterocycles. The Bertz CT molecular complexity index is 903. The van der Waals surface area contributed by atoms with E-state index in [4.69, 9.17) is 10.5 Å². The lowest BCUT2D eigenvalue weighted by molar-refractivity contribution is 0.482. The first kappa shape index (κ1) is 10.9. The van der Waals surface area contributed by atoms with Crippen molar-refractivity contribution in [3.8, 4) is 17.9 Å². The van der Waals surface area contributed by atoms with E-state index in [1.54, 1.807) is 18.2 Å². The van der Waals surface area contributed by atoms with Gasteiger partial charge in [0.25, 0.3) is 0 Å². The van der Waals surface area contributed by atoms with Gasteiger partial charge in [-0.05, 0) is 0 Å². The molecule has 5 nitrogen and oxygen atoms in total. The molecular weight excluding hydrogens is 240 g/mol. The van der Waals surface area contributed by atoms with Crippen LogP contribution in [0.5, 0.6) is 5.75 Å². The zero-order chi connectivity index (χ0) is 13.4. The van der Waals surface area contributed by atoms with Gasteiger partial charge in [-0.25, -0.2) is 9.97 Å². The Labute approximate surface area is 108 Å². The third-order valence-corrected chi connectivity index (χ3v) is 2.87. The normalized spacial score (nSPS) is 10.2. The molecule has 0 bridgehead atoms. The van der Waals surface area contributed by atoms with Gasteiger partial charge in [0.05, 0.1) is 11.0 Å². The SMILES string of the molecule is N#Cc1nc2cc(O)c3ccccc3c2nc1C#N. The van der Waals surface area contributed by atoms with Crippen molar-refractivity contribution in [2.24, 2.45) is 0 Å². The molecule has 3 rings (SSSR count). The van der Waals surface area contributed by atoms with Gasteiger partial charge < -0.3 is 5.11 Å². The van der Waals surface area contributed by atoms with E-state index in [1.807, 2.05) is 18.2 Å². The Balaban J connectivity index is 2.57. The van der Waals surface area contributed by atoms with E-state index < -0.39 is 0 Å². The Morgan fingerprint density at radius 3 is 2.26 bits per heavy atom. The van der Waals surface area contributed by atoms with Crippen LogP contribution < -0.4 is 0 Å². The lowest BCUT2D eigenvalue weighted by atomic mass is 10.1. The van der Waals surface area contributed by atoms with Crippen LogP contribution >= 0.6 is 0 Å². The summed E-state index contributed by atoms with van der Waals surface area (Å²) in [6, 6.07) is 12.3. The van der Waals surface area contributed by atoms with Crippen LogP contribution in [-0.4, -0.2) is 15.1 Å². The largest absolute Gasteiger partial charge is 0.507 e. The second-order valence-electron chi connectivity index (χ2n) is 3.95. The molecule has 3 aromatic rings. The van der Waals surface area contributed by atoms with Crippen LogP contribution in [0.2, 0.25) is 0 Å². The molecule has 0 amide bonds. The number of aromatic hydroxyl groups is 1. The molecular formula is C14H6N4O. The van der Waals surface area contributed by atoms with Gasteiger partial charge in [-0.1, -0.05) is 24.3 Å². The highest BCUT2D eigenvalue weighted by atomic mass is 16.3. The number of nitriles is 2. The Morgan fingerprint density at radius 2 is 1.58 bits per heavy atom. The number of hydrogen-bond acceptors (Lipinski definition) is 5. The minimum Gasteiger partial charge on any atom is -0.507 e. The number of aromatic nitrogens is 2. The van der Waals surface area contributed by atoms with E-state index in [9.17, 15) is 5.11 Å². The molecule has 5 heteroatoms. The van der Waals surface area contributed by atoms with Crippen molar-refractivity contribution in [2.75, 3.05) is 0 Å². The topological polar surface area (TPSA) is 93.6 Å². The van der Waals surface area contributed by atoms with Crippen molar-refractivity contribution in [1.29, 1.82) is 10.5 Å². The smallest absolute Gasteiger partial charge is 0.177 e. The zero-order valence-corrected chi connectivity index (χ0v) is 9.62. The van der Waals surface area contributed by atoms with E-state index in [-0.39, 0.29) is 17.1 Å². The van der Waals surface area contributed by atoms with Gasteiger partial charge in [0, 0.05) is 16.8 Å². The highest BCUT2D eigenvalue weighted by Gasteiger charge is 2.12. The first-order valence-corrected chi connectivity index (χ1v) is 5.47. The van der Waals surface area contributed by atoms with Crippen LogP contribution in [0.25, 0.3) is 21.8 Å². The van der Waals surface area contributed by atoms with E-state index in [2.05, 4.69) is 9.97 Å². The van der Waals surface area contributed by atoms with Crippen LogP contribution in [0.1, 0.15) is 11.4 Å². The molecule has 0 aliphatic rings. The van der Waals surface area contributed by atoms with Crippen LogP contribution in [0.15, 0.2) is 30.3 Å². The Hall–Kier alpha value is -3.18. The molecule has 0 saturated heterocycles. The van der Waals surface area contributed by atoms with Gasteiger partial charge in [0.15, 0.2) is 11.4 Å². The summed E-state index contributed by atoms with van der Waals surface area (Å²) >= 11 is 0. The van der Waals surface area contributed by atoms with Crippen LogP contribution in [0.3, 0.4) is 0 Å². The number of phenols is 1. The van der Waals surface area contributed by atoms with Crippen molar-refractivity contribution in [1.82, 2.24) is 9.97 Å². The molecule has 19 heavy (non-hydrogen) atoms. The van der Waals surface area contributed by atoms with Gasteiger partial charge in [-0.2, -0.15) is 10.5 Å². The molecule has 0 unspecified atom stereocenters. The molecule has 0 aliphatic heterocycles. The van der Waals surface area contributed by atoms with Gasteiger partial charge in [0.1, 0.15) is 17.9 Å². The molecule has 0 fully saturated rings. The number of fused-ring (bicyclic) bond motifs is 3. The van der Waals surface area contributed by atoms with Gasteiger partial charge >= 0.3 is 0 Å². The Morgan fingerprint density at radius 1 is 0.947 bits per heavy atom. The van der Waals surface area contributed by atoms with Crippen molar-refractivity contribution >= 4 is 21.8 Å². The van der Waals surface area contributed by atoms with Crippen molar-refractivity contribution in [3.05, 3.63) is 41.7 Å². The maximum absolute atomic E-state index is 9.94. The number of nitrogens with zero attached hydrogens (tertiary/aromatic N) is 4. The number of benzene rings is 2. The average Bonchev–Trinajstić information content (AvgIpc) is 2.46. The third-order valence-electron chi connectivity index (χ3n) is 2.87. The molecule has 0 spiro atoms. The fourth-order valence-electron chi connectivity index (χ4n) is 2.02. The summed E-state index contributed by atoms with van der Waals surface area (Å²) in [5.74, 6) is 0.0750. The van der Waals surface area contributed by atoms with E-state index in [0.29, 0.717) is 21.8 Å². The second kappa shape index (κ2) is 3.94. The van der Waals surface area contributed by atoms with Crippen molar-refractivity contribution in [2.45, 2.75) is 0 Å². The second-order valence-corrected chi connectivity index (χ2v) is 3.95. The van der Waals surface area contributed by atoms with Gasteiger partial charge in [-0.15, -0.1) is 0 Å². The minimum atomic E-state index is -0.0373. The standard InChI is InChI=1S/C14H6N4O/c15-6-11-12(7-16)18-14-9-4-2-1-3-8(9)13(19)5-10(14)17-11/h1-5,19H. The maximum atomic E-state index is 9.94. The zero-order valence-electron chi connectivity index (χ0n) is 9.62. The molecule has 0 atom stereocenters. The highest BCUT2D eigenvalue weighted by molar-refractivity contribution is 6.07. The molecule has 88 valence electrons. The maximum Gasteiger partial charge on any atom is 0.177 e. The lowest BCUT2D eigenvalue weighted by Crippen LogP contribution is -1.96. The van der Waals surface area contributed by atoms with E-state index >= 15 is 0 Å². The molecule has 1 heterocycles. The first-order valence-electron chi connectivity index (χ1n) is 5.47. The van der Waals surface area contributed by atoms with E-state index in [0.717, 1.165) is 0 Å². The van der Waals surface area contributed by atoms with Crippen LogP contribution in [0.4, 0.5) is 0 Å². The molecule has 1 N–H and O–H groups in total. The average molecular weight is 246 g/mol. The number of phenolic OH excluding ortho intramolecular Hbond substituents is 1. The van der Waals surface area contributed by atoms with Crippen molar-refractivity contribution in [3.63, 3.8) is 0 Å². The summed E-state index contributed by atoms with van der Waals surface area (Å²) in [6.07, 6.45) is 0. The third kappa shape index (κ3) is 1.54. The summed E-state index contributed by atoms with van der Waals surface area (Å²) in [5, 5.41) is 29.2. The summed E-state index contributed by atoms with van der Waals surface area (Å²) in [5.41, 5.74) is 0.853. The molecule has 0 radical (unpaired) electrons. The highest BCUT2D eigenvalue weighted by Crippen LogP contribution is 2.30. The summed E-state index contributed by atoms with van der Waals surface area (Å²) in [4.78, 5) is 8.25. The molecule has 2 aromatic carbocycles.